The Labute approximate surface area is 94.3 Å². The van der Waals surface area contributed by atoms with Crippen molar-refractivity contribution in [3.05, 3.63) is 12.1 Å². The monoisotopic (exact) mass is 229 g/mol. The molecule has 0 spiro atoms. The molecular weight excluding hydrogens is 213 g/mol. The van der Waals surface area contributed by atoms with Crippen molar-refractivity contribution in [2.24, 2.45) is 0 Å². The second kappa shape index (κ2) is 6.05. The molecule has 0 heterocycles. The maximum atomic E-state index is 12.0. The largest absolute Gasteiger partial charge is 0.493 e. The van der Waals surface area contributed by atoms with Crippen LogP contribution in [0, 0.1) is 0 Å². The van der Waals surface area contributed by atoms with Crippen LogP contribution in [0.3, 0.4) is 0 Å². The minimum Gasteiger partial charge on any atom is -0.493 e. The van der Waals surface area contributed by atoms with Crippen molar-refractivity contribution in [1.29, 1.82) is 0 Å². The number of hydrogen-bond donors (Lipinski definition) is 1. The van der Waals surface area contributed by atoms with Crippen LogP contribution in [0.25, 0.3) is 0 Å². The summed E-state index contributed by atoms with van der Waals surface area (Å²) in [7, 11) is 4.61. The molecule has 1 rings (SSSR count). The maximum absolute atomic E-state index is 12.0. The molecule has 1 N–H and O–H groups in total. The lowest BCUT2D eigenvalue weighted by Crippen LogP contribution is -2.04. The van der Waals surface area contributed by atoms with Crippen LogP contribution in [-0.2, 0) is 0 Å². The fourth-order valence-electron chi connectivity index (χ4n) is 1.37. The third-order valence-corrected chi connectivity index (χ3v) is 2.09. The number of methoxy groups -OCH3 is 3. The van der Waals surface area contributed by atoms with Gasteiger partial charge in [0.1, 0.15) is 6.67 Å². The Bertz CT molecular complexity index is 319. The Morgan fingerprint density at radius 1 is 1.06 bits per heavy atom. The van der Waals surface area contributed by atoms with Crippen LogP contribution in [-0.4, -0.2) is 34.5 Å². The van der Waals surface area contributed by atoms with Gasteiger partial charge in [0.05, 0.1) is 21.3 Å². The molecule has 16 heavy (non-hydrogen) atoms. The number of benzene rings is 1. The number of hydrogen-bond acceptors (Lipinski definition) is 4. The Balaban J connectivity index is 3.05. The molecule has 0 fully saturated rings. The van der Waals surface area contributed by atoms with Crippen LogP contribution >= 0.6 is 0 Å². The molecule has 0 aliphatic carbocycles. The molecule has 0 atom stereocenters. The third-order valence-electron chi connectivity index (χ3n) is 2.09. The van der Waals surface area contributed by atoms with Crippen molar-refractivity contribution in [2.45, 2.75) is 0 Å². The van der Waals surface area contributed by atoms with Crippen LogP contribution in [0.5, 0.6) is 17.2 Å². The summed E-state index contributed by atoms with van der Waals surface area (Å²) in [5.41, 5.74) is 0.729. The van der Waals surface area contributed by atoms with Gasteiger partial charge in [-0.2, -0.15) is 0 Å². The van der Waals surface area contributed by atoms with E-state index >= 15 is 0 Å². The molecule has 0 aliphatic rings. The van der Waals surface area contributed by atoms with Gasteiger partial charge in [-0.1, -0.05) is 0 Å². The molecule has 0 saturated heterocycles. The predicted octanol–water partition coefficient (Wildman–Crippen LogP) is 2.09. The Kier molecular flexibility index (Phi) is 4.69. The second-order valence-corrected chi connectivity index (χ2v) is 3.03. The molecule has 4 nitrogen and oxygen atoms in total. The van der Waals surface area contributed by atoms with Crippen LogP contribution < -0.4 is 19.5 Å². The minimum absolute atomic E-state index is 0.249. The van der Waals surface area contributed by atoms with Gasteiger partial charge in [-0.25, -0.2) is 4.39 Å². The first kappa shape index (κ1) is 12.4. The zero-order chi connectivity index (χ0) is 12.0. The number of nitrogens with one attached hydrogen (secondary N) is 1. The number of anilines is 1. The Hall–Kier alpha value is -1.65. The van der Waals surface area contributed by atoms with E-state index in [0.29, 0.717) is 17.2 Å². The number of halogens is 1. The van der Waals surface area contributed by atoms with Gasteiger partial charge in [0.25, 0.3) is 0 Å². The quantitative estimate of drug-likeness (QED) is 0.810. The van der Waals surface area contributed by atoms with Crippen molar-refractivity contribution >= 4 is 5.69 Å². The third kappa shape index (κ3) is 2.68. The van der Waals surface area contributed by atoms with Gasteiger partial charge in [-0.05, 0) is 0 Å². The van der Waals surface area contributed by atoms with Gasteiger partial charge in [0.15, 0.2) is 11.5 Å². The maximum Gasteiger partial charge on any atom is 0.203 e. The molecular formula is C11H16FNO3. The van der Waals surface area contributed by atoms with E-state index in [0.717, 1.165) is 5.69 Å². The predicted molar refractivity (Wildman–Crippen MR) is 60.6 cm³/mol. The molecule has 0 bridgehead atoms. The highest BCUT2D eigenvalue weighted by Gasteiger charge is 2.12. The van der Waals surface area contributed by atoms with E-state index in [-0.39, 0.29) is 6.54 Å². The summed E-state index contributed by atoms with van der Waals surface area (Å²) in [4.78, 5) is 0. The summed E-state index contributed by atoms with van der Waals surface area (Å²) in [6.07, 6.45) is 0. The number of rotatable bonds is 6. The lowest BCUT2D eigenvalue weighted by molar-refractivity contribution is 0.324. The van der Waals surface area contributed by atoms with Crippen molar-refractivity contribution in [3.8, 4) is 17.2 Å². The zero-order valence-electron chi connectivity index (χ0n) is 9.67. The molecule has 0 saturated carbocycles. The highest BCUT2D eigenvalue weighted by atomic mass is 19.1. The van der Waals surface area contributed by atoms with Crippen LogP contribution in [0.4, 0.5) is 10.1 Å². The minimum atomic E-state index is -0.434. The summed E-state index contributed by atoms with van der Waals surface area (Å²) >= 11 is 0. The molecule has 0 aliphatic heterocycles. The van der Waals surface area contributed by atoms with Gasteiger partial charge in [-0.3, -0.25) is 0 Å². The fraction of sp³-hybridized carbons (Fsp3) is 0.455. The molecule has 90 valence electrons. The first-order chi connectivity index (χ1) is 7.76. The molecule has 0 aromatic heterocycles. The summed E-state index contributed by atoms with van der Waals surface area (Å²) in [5, 5.41) is 2.90. The van der Waals surface area contributed by atoms with Crippen molar-refractivity contribution in [3.63, 3.8) is 0 Å². The highest BCUT2D eigenvalue weighted by molar-refractivity contribution is 5.62. The highest BCUT2D eigenvalue weighted by Crippen LogP contribution is 2.39. The molecule has 1 aromatic carbocycles. The van der Waals surface area contributed by atoms with Crippen molar-refractivity contribution in [1.82, 2.24) is 0 Å². The van der Waals surface area contributed by atoms with E-state index in [9.17, 15) is 4.39 Å². The van der Waals surface area contributed by atoms with E-state index < -0.39 is 6.67 Å². The van der Waals surface area contributed by atoms with E-state index in [1.54, 1.807) is 12.1 Å². The average molecular weight is 229 g/mol. The molecule has 1 aromatic rings. The zero-order valence-corrected chi connectivity index (χ0v) is 9.67. The van der Waals surface area contributed by atoms with E-state index in [4.69, 9.17) is 14.2 Å². The summed E-state index contributed by atoms with van der Waals surface area (Å²) < 4.78 is 27.5. The average Bonchev–Trinajstić information content (AvgIpc) is 2.34. The normalized spacial score (nSPS) is 9.75. The smallest absolute Gasteiger partial charge is 0.203 e. The van der Waals surface area contributed by atoms with Gasteiger partial charge < -0.3 is 19.5 Å². The van der Waals surface area contributed by atoms with Gasteiger partial charge in [-0.15, -0.1) is 0 Å². The molecule has 5 heteroatoms. The number of ether oxygens (including phenoxy) is 3. The van der Waals surface area contributed by atoms with Crippen LogP contribution in [0.2, 0.25) is 0 Å². The van der Waals surface area contributed by atoms with Crippen LogP contribution in [0.15, 0.2) is 12.1 Å². The lowest BCUT2D eigenvalue weighted by atomic mass is 10.2. The molecule has 0 radical (unpaired) electrons. The molecule has 0 amide bonds. The summed E-state index contributed by atoms with van der Waals surface area (Å²) in [6, 6.07) is 3.47. The SMILES string of the molecule is COc1cc(NCCF)cc(OC)c1OC. The first-order valence-corrected chi connectivity index (χ1v) is 4.86. The van der Waals surface area contributed by atoms with Crippen molar-refractivity contribution < 1.29 is 18.6 Å². The Morgan fingerprint density at radius 3 is 2.00 bits per heavy atom. The molecule has 0 unspecified atom stereocenters. The van der Waals surface area contributed by atoms with E-state index in [1.807, 2.05) is 0 Å². The summed E-state index contributed by atoms with van der Waals surface area (Å²) in [5.74, 6) is 1.61. The lowest BCUT2D eigenvalue weighted by Gasteiger charge is -2.14. The van der Waals surface area contributed by atoms with Crippen molar-refractivity contribution in [2.75, 3.05) is 39.9 Å². The Morgan fingerprint density at radius 2 is 1.62 bits per heavy atom. The second-order valence-electron chi connectivity index (χ2n) is 3.03. The van der Waals surface area contributed by atoms with Gasteiger partial charge in [0, 0.05) is 24.4 Å². The fourth-order valence-corrected chi connectivity index (χ4v) is 1.37. The van der Waals surface area contributed by atoms with Crippen LogP contribution in [0.1, 0.15) is 0 Å². The standard InChI is InChI=1S/C11H16FNO3/c1-14-9-6-8(13-5-4-12)7-10(15-2)11(9)16-3/h6-7,13H,4-5H2,1-3H3. The van der Waals surface area contributed by atoms with E-state index in [2.05, 4.69) is 5.32 Å². The van der Waals surface area contributed by atoms with Gasteiger partial charge >= 0.3 is 0 Å². The first-order valence-electron chi connectivity index (χ1n) is 4.86. The van der Waals surface area contributed by atoms with Gasteiger partial charge in [0.2, 0.25) is 5.75 Å². The van der Waals surface area contributed by atoms with E-state index in [1.165, 1.54) is 21.3 Å². The summed E-state index contributed by atoms with van der Waals surface area (Å²) in [6.45, 7) is -0.185. The number of alkyl halides is 1. The topological polar surface area (TPSA) is 39.7 Å².